The molecule has 1 aromatic carbocycles. The second-order valence-corrected chi connectivity index (χ2v) is 6.99. The van der Waals surface area contributed by atoms with Gasteiger partial charge in [0.05, 0.1) is 18.7 Å². The summed E-state index contributed by atoms with van der Waals surface area (Å²) in [4.78, 5) is 0. The highest BCUT2D eigenvalue weighted by Gasteiger charge is 2.14. The summed E-state index contributed by atoms with van der Waals surface area (Å²) >= 11 is 11.7. The van der Waals surface area contributed by atoms with Crippen LogP contribution in [-0.4, -0.2) is 33.6 Å². The molecule has 0 radical (unpaired) electrons. The summed E-state index contributed by atoms with van der Waals surface area (Å²) in [7, 11) is -1.58. The van der Waals surface area contributed by atoms with Gasteiger partial charge in [-0.2, -0.15) is 0 Å². The standard InChI is InChI=1S/C12H16Cl2O4S/c1-3-19(15,16)5-4-18-12-9(8-13)6-10(14)7-11(12)17-2/h6-7H,3-5,8H2,1-2H3. The number of sulfone groups is 1. The molecule has 0 atom stereocenters. The number of rotatable bonds is 7. The van der Waals surface area contributed by atoms with Crippen molar-refractivity contribution >= 4 is 33.0 Å². The summed E-state index contributed by atoms with van der Waals surface area (Å²) in [5.74, 6) is 1.13. The van der Waals surface area contributed by atoms with Crippen molar-refractivity contribution in [2.75, 3.05) is 25.2 Å². The highest BCUT2D eigenvalue weighted by Crippen LogP contribution is 2.35. The molecule has 1 aromatic rings. The van der Waals surface area contributed by atoms with Gasteiger partial charge in [0.25, 0.3) is 0 Å². The average Bonchev–Trinajstić information content (AvgIpc) is 2.39. The van der Waals surface area contributed by atoms with Gasteiger partial charge in [0, 0.05) is 22.4 Å². The monoisotopic (exact) mass is 326 g/mol. The number of methoxy groups -OCH3 is 1. The molecular weight excluding hydrogens is 311 g/mol. The maximum atomic E-state index is 11.4. The fourth-order valence-electron chi connectivity index (χ4n) is 1.45. The van der Waals surface area contributed by atoms with Crippen LogP contribution >= 0.6 is 23.2 Å². The summed E-state index contributed by atoms with van der Waals surface area (Å²) in [6, 6.07) is 3.27. The van der Waals surface area contributed by atoms with E-state index in [1.54, 1.807) is 19.1 Å². The molecule has 0 saturated carbocycles. The number of halogens is 2. The molecule has 19 heavy (non-hydrogen) atoms. The zero-order valence-electron chi connectivity index (χ0n) is 10.8. The van der Waals surface area contributed by atoms with Crippen LogP contribution in [0.3, 0.4) is 0 Å². The second kappa shape index (κ2) is 7.22. The van der Waals surface area contributed by atoms with E-state index in [1.165, 1.54) is 7.11 Å². The second-order valence-electron chi connectivity index (χ2n) is 3.81. The SMILES string of the molecule is CCS(=O)(=O)CCOc1c(CCl)cc(Cl)cc1OC. The molecule has 108 valence electrons. The van der Waals surface area contributed by atoms with Crippen molar-refractivity contribution in [1.29, 1.82) is 0 Å². The summed E-state index contributed by atoms with van der Waals surface area (Å²) < 4.78 is 33.4. The Morgan fingerprint density at radius 1 is 1.32 bits per heavy atom. The van der Waals surface area contributed by atoms with E-state index in [4.69, 9.17) is 32.7 Å². The zero-order chi connectivity index (χ0) is 14.5. The Morgan fingerprint density at radius 2 is 2.00 bits per heavy atom. The fourth-order valence-corrected chi connectivity index (χ4v) is 2.51. The van der Waals surface area contributed by atoms with Gasteiger partial charge < -0.3 is 9.47 Å². The molecule has 0 unspecified atom stereocenters. The van der Waals surface area contributed by atoms with Crippen molar-refractivity contribution < 1.29 is 17.9 Å². The van der Waals surface area contributed by atoms with Crippen molar-refractivity contribution in [3.63, 3.8) is 0 Å². The van der Waals surface area contributed by atoms with Gasteiger partial charge >= 0.3 is 0 Å². The lowest BCUT2D eigenvalue weighted by Gasteiger charge is -2.14. The lowest BCUT2D eigenvalue weighted by atomic mass is 10.2. The Bertz CT molecular complexity index is 504. The van der Waals surface area contributed by atoms with Gasteiger partial charge in [-0.3, -0.25) is 0 Å². The van der Waals surface area contributed by atoms with Crippen molar-refractivity contribution in [3.05, 3.63) is 22.7 Å². The predicted octanol–water partition coefficient (Wildman–Crippen LogP) is 2.90. The van der Waals surface area contributed by atoms with Gasteiger partial charge in [0.1, 0.15) is 6.61 Å². The minimum atomic E-state index is -3.06. The topological polar surface area (TPSA) is 52.6 Å². The maximum absolute atomic E-state index is 11.4. The van der Waals surface area contributed by atoms with Gasteiger partial charge in [0.15, 0.2) is 21.3 Å². The molecule has 0 bridgehead atoms. The van der Waals surface area contributed by atoms with E-state index in [2.05, 4.69) is 0 Å². The van der Waals surface area contributed by atoms with Crippen LogP contribution in [0.25, 0.3) is 0 Å². The van der Waals surface area contributed by atoms with Crippen molar-refractivity contribution in [3.8, 4) is 11.5 Å². The van der Waals surface area contributed by atoms with Crippen LogP contribution in [0.15, 0.2) is 12.1 Å². The highest BCUT2D eigenvalue weighted by atomic mass is 35.5. The third-order valence-corrected chi connectivity index (χ3v) is 4.72. The summed E-state index contributed by atoms with van der Waals surface area (Å²) in [5.41, 5.74) is 0.667. The molecule has 0 saturated heterocycles. The predicted molar refractivity (Wildman–Crippen MR) is 77.4 cm³/mol. The number of alkyl halides is 1. The lowest BCUT2D eigenvalue weighted by molar-refractivity contribution is 0.309. The van der Waals surface area contributed by atoms with Gasteiger partial charge in [0.2, 0.25) is 0 Å². The van der Waals surface area contributed by atoms with Crippen LogP contribution < -0.4 is 9.47 Å². The third-order valence-electron chi connectivity index (χ3n) is 2.54. The van der Waals surface area contributed by atoms with Crippen molar-refractivity contribution in [1.82, 2.24) is 0 Å². The molecule has 0 aliphatic rings. The molecule has 4 nitrogen and oxygen atoms in total. The number of ether oxygens (including phenoxy) is 2. The van der Waals surface area contributed by atoms with Gasteiger partial charge in [-0.25, -0.2) is 8.42 Å². The third kappa shape index (κ3) is 4.75. The van der Waals surface area contributed by atoms with Gasteiger partial charge in [-0.05, 0) is 6.07 Å². The molecule has 7 heteroatoms. The Labute approximate surface area is 123 Å². The van der Waals surface area contributed by atoms with E-state index >= 15 is 0 Å². The Morgan fingerprint density at radius 3 is 2.53 bits per heavy atom. The zero-order valence-corrected chi connectivity index (χ0v) is 13.1. The lowest BCUT2D eigenvalue weighted by Crippen LogP contribution is -2.16. The van der Waals surface area contributed by atoms with Crippen LogP contribution in [0.4, 0.5) is 0 Å². The maximum Gasteiger partial charge on any atom is 0.165 e. The summed E-state index contributed by atoms with van der Waals surface area (Å²) in [5, 5.41) is 0.487. The minimum Gasteiger partial charge on any atom is -0.493 e. The van der Waals surface area contributed by atoms with E-state index < -0.39 is 9.84 Å². The van der Waals surface area contributed by atoms with Gasteiger partial charge in [-0.1, -0.05) is 18.5 Å². The molecular formula is C12H16Cl2O4S. The summed E-state index contributed by atoms with van der Waals surface area (Å²) in [6.45, 7) is 1.65. The molecule has 0 aliphatic carbocycles. The Kier molecular flexibility index (Phi) is 6.23. The largest absolute Gasteiger partial charge is 0.493 e. The van der Waals surface area contributed by atoms with Crippen molar-refractivity contribution in [2.45, 2.75) is 12.8 Å². The Balaban J connectivity index is 2.88. The molecule has 0 amide bonds. The van der Waals surface area contributed by atoms with Crippen LogP contribution in [0.5, 0.6) is 11.5 Å². The molecule has 1 rings (SSSR count). The van der Waals surface area contributed by atoms with Crippen LogP contribution in [-0.2, 0) is 15.7 Å². The first-order chi connectivity index (χ1) is 8.93. The minimum absolute atomic E-state index is 0.0446. The number of hydrogen-bond donors (Lipinski definition) is 0. The number of benzene rings is 1. The fraction of sp³-hybridized carbons (Fsp3) is 0.500. The Hall–Kier alpha value is -0.650. The smallest absolute Gasteiger partial charge is 0.165 e. The normalized spacial score (nSPS) is 11.4. The van der Waals surface area contributed by atoms with E-state index in [9.17, 15) is 8.42 Å². The van der Waals surface area contributed by atoms with Crippen LogP contribution in [0.2, 0.25) is 5.02 Å². The van der Waals surface area contributed by atoms with E-state index in [1.807, 2.05) is 0 Å². The first-order valence-electron chi connectivity index (χ1n) is 5.69. The van der Waals surface area contributed by atoms with Crippen LogP contribution in [0, 0.1) is 0 Å². The molecule has 0 aromatic heterocycles. The van der Waals surface area contributed by atoms with Gasteiger partial charge in [-0.15, -0.1) is 11.6 Å². The van der Waals surface area contributed by atoms with Crippen molar-refractivity contribution in [2.24, 2.45) is 0 Å². The highest BCUT2D eigenvalue weighted by molar-refractivity contribution is 7.91. The van der Waals surface area contributed by atoms with Crippen LogP contribution in [0.1, 0.15) is 12.5 Å². The molecule has 0 N–H and O–H groups in total. The molecule has 0 spiro atoms. The quantitative estimate of drug-likeness (QED) is 0.723. The first-order valence-corrected chi connectivity index (χ1v) is 8.42. The molecule has 0 fully saturated rings. The van der Waals surface area contributed by atoms with E-state index in [0.717, 1.165) is 0 Å². The van der Waals surface area contributed by atoms with E-state index in [-0.39, 0.29) is 24.0 Å². The average molecular weight is 327 g/mol. The van der Waals surface area contributed by atoms with E-state index in [0.29, 0.717) is 22.1 Å². The number of hydrogen-bond acceptors (Lipinski definition) is 4. The molecule has 0 heterocycles. The molecule has 0 aliphatic heterocycles. The summed E-state index contributed by atoms with van der Waals surface area (Å²) in [6.07, 6.45) is 0. The first kappa shape index (κ1) is 16.4.